The molecule has 1 aliphatic carbocycles. The first-order valence-corrected chi connectivity index (χ1v) is 8.06. The maximum atomic E-state index is 3.51. The summed E-state index contributed by atoms with van der Waals surface area (Å²) in [5, 5.41) is 3.51. The highest BCUT2D eigenvalue weighted by Crippen LogP contribution is 2.35. The first-order valence-electron chi connectivity index (χ1n) is 8.06. The standard InChI is InChI=1S/C16H32N2/c1-4-16(9-11-17-12-10-16)13-18(3)15-7-5-14(2)6-8-15/h14-15,17H,4-13H2,1-3H3. The van der Waals surface area contributed by atoms with Gasteiger partial charge in [0.05, 0.1) is 0 Å². The van der Waals surface area contributed by atoms with Gasteiger partial charge in [-0.25, -0.2) is 0 Å². The van der Waals surface area contributed by atoms with Crippen molar-refractivity contribution in [2.75, 3.05) is 26.7 Å². The van der Waals surface area contributed by atoms with Crippen molar-refractivity contribution in [3.05, 3.63) is 0 Å². The zero-order chi connectivity index (χ0) is 13.0. The van der Waals surface area contributed by atoms with Gasteiger partial charge in [0, 0.05) is 12.6 Å². The topological polar surface area (TPSA) is 15.3 Å². The molecule has 1 saturated heterocycles. The zero-order valence-corrected chi connectivity index (χ0v) is 12.7. The fourth-order valence-electron chi connectivity index (χ4n) is 3.92. The molecule has 0 aromatic rings. The van der Waals surface area contributed by atoms with Gasteiger partial charge in [0.2, 0.25) is 0 Å². The minimum absolute atomic E-state index is 0.600. The predicted molar refractivity (Wildman–Crippen MR) is 78.9 cm³/mol. The van der Waals surface area contributed by atoms with E-state index in [2.05, 4.69) is 31.1 Å². The van der Waals surface area contributed by atoms with Crippen LogP contribution in [0.1, 0.15) is 58.8 Å². The third-order valence-electron chi connectivity index (χ3n) is 5.61. The Morgan fingerprint density at radius 3 is 2.28 bits per heavy atom. The molecule has 0 aromatic carbocycles. The zero-order valence-electron chi connectivity index (χ0n) is 12.7. The summed E-state index contributed by atoms with van der Waals surface area (Å²) < 4.78 is 0. The molecular formula is C16H32N2. The Bertz CT molecular complexity index is 237. The van der Waals surface area contributed by atoms with Crippen molar-refractivity contribution < 1.29 is 0 Å². The van der Waals surface area contributed by atoms with Gasteiger partial charge in [-0.05, 0) is 76.4 Å². The molecule has 1 aliphatic heterocycles. The highest BCUT2D eigenvalue weighted by molar-refractivity contribution is 4.88. The molecule has 1 saturated carbocycles. The lowest BCUT2D eigenvalue weighted by Crippen LogP contribution is -2.46. The Kier molecular flexibility index (Phi) is 5.08. The summed E-state index contributed by atoms with van der Waals surface area (Å²) in [6.45, 7) is 8.58. The predicted octanol–water partition coefficient (Wildman–Crippen LogP) is 3.28. The van der Waals surface area contributed by atoms with Crippen LogP contribution in [0.4, 0.5) is 0 Å². The smallest absolute Gasteiger partial charge is 0.00926 e. The van der Waals surface area contributed by atoms with Gasteiger partial charge in [0.1, 0.15) is 0 Å². The first-order chi connectivity index (χ1) is 8.65. The van der Waals surface area contributed by atoms with Crippen molar-refractivity contribution in [3.8, 4) is 0 Å². The van der Waals surface area contributed by atoms with Crippen LogP contribution >= 0.6 is 0 Å². The molecule has 0 radical (unpaired) electrons. The molecule has 0 amide bonds. The van der Waals surface area contributed by atoms with E-state index in [1.54, 1.807) is 0 Å². The number of nitrogens with one attached hydrogen (secondary N) is 1. The van der Waals surface area contributed by atoms with Gasteiger partial charge in [-0.1, -0.05) is 13.8 Å². The molecule has 1 N–H and O–H groups in total. The van der Waals surface area contributed by atoms with Crippen molar-refractivity contribution in [3.63, 3.8) is 0 Å². The number of hydrogen-bond donors (Lipinski definition) is 1. The lowest BCUT2D eigenvalue weighted by atomic mass is 9.75. The molecule has 2 aliphatic rings. The van der Waals surface area contributed by atoms with Gasteiger partial charge in [-0.2, -0.15) is 0 Å². The van der Waals surface area contributed by atoms with E-state index in [4.69, 9.17) is 0 Å². The Balaban J connectivity index is 1.86. The minimum atomic E-state index is 0.600. The van der Waals surface area contributed by atoms with Crippen molar-refractivity contribution >= 4 is 0 Å². The average Bonchev–Trinajstić information content (AvgIpc) is 2.40. The molecule has 0 atom stereocenters. The number of piperidine rings is 1. The van der Waals surface area contributed by atoms with E-state index in [0.29, 0.717) is 5.41 Å². The normalized spacial score (nSPS) is 32.7. The maximum absolute atomic E-state index is 3.51. The van der Waals surface area contributed by atoms with Crippen LogP contribution in [-0.2, 0) is 0 Å². The second-order valence-electron chi connectivity index (χ2n) is 6.93. The summed E-state index contributed by atoms with van der Waals surface area (Å²) in [7, 11) is 2.38. The van der Waals surface area contributed by atoms with Gasteiger partial charge < -0.3 is 10.2 Å². The SMILES string of the molecule is CCC1(CN(C)C2CCC(C)CC2)CCNCC1. The van der Waals surface area contributed by atoms with Gasteiger partial charge in [0.15, 0.2) is 0 Å². The molecule has 0 aromatic heterocycles. The summed E-state index contributed by atoms with van der Waals surface area (Å²) in [4.78, 5) is 2.70. The first kappa shape index (κ1) is 14.3. The Labute approximate surface area is 114 Å². The fraction of sp³-hybridized carbons (Fsp3) is 1.00. The molecule has 0 bridgehead atoms. The van der Waals surface area contributed by atoms with Crippen LogP contribution in [-0.4, -0.2) is 37.6 Å². The molecular weight excluding hydrogens is 220 g/mol. The van der Waals surface area contributed by atoms with E-state index < -0.39 is 0 Å². The molecule has 2 fully saturated rings. The van der Waals surface area contributed by atoms with Gasteiger partial charge >= 0.3 is 0 Å². The highest BCUT2D eigenvalue weighted by atomic mass is 15.1. The molecule has 2 nitrogen and oxygen atoms in total. The van der Waals surface area contributed by atoms with E-state index in [1.165, 1.54) is 64.6 Å². The van der Waals surface area contributed by atoms with Crippen LogP contribution in [0.2, 0.25) is 0 Å². The van der Waals surface area contributed by atoms with Crippen LogP contribution < -0.4 is 5.32 Å². The van der Waals surface area contributed by atoms with Crippen LogP contribution in [0.3, 0.4) is 0 Å². The Morgan fingerprint density at radius 2 is 1.72 bits per heavy atom. The Hall–Kier alpha value is -0.0800. The summed E-state index contributed by atoms with van der Waals surface area (Å²) in [5.74, 6) is 0.966. The van der Waals surface area contributed by atoms with Crippen LogP contribution in [0.15, 0.2) is 0 Å². The Morgan fingerprint density at radius 1 is 1.11 bits per heavy atom. The highest BCUT2D eigenvalue weighted by Gasteiger charge is 2.33. The molecule has 2 rings (SSSR count). The van der Waals surface area contributed by atoms with Crippen molar-refractivity contribution in [1.29, 1.82) is 0 Å². The van der Waals surface area contributed by atoms with E-state index in [9.17, 15) is 0 Å². The van der Waals surface area contributed by atoms with Crippen LogP contribution in [0.5, 0.6) is 0 Å². The lowest BCUT2D eigenvalue weighted by Gasteiger charge is -2.43. The molecule has 2 heteroatoms. The molecule has 106 valence electrons. The molecule has 1 heterocycles. The molecule has 0 spiro atoms. The number of rotatable bonds is 4. The van der Waals surface area contributed by atoms with Gasteiger partial charge in [-0.3, -0.25) is 0 Å². The summed E-state index contributed by atoms with van der Waals surface area (Å²) in [6.07, 6.45) is 9.83. The molecule has 18 heavy (non-hydrogen) atoms. The van der Waals surface area contributed by atoms with E-state index >= 15 is 0 Å². The summed E-state index contributed by atoms with van der Waals surface area (Å²) in [5.41, 5.74) is 0.600. The number of nitrogens with zero attached hydrogens (tertiary/aromatic N) is 1. The largest absolute Gasteiger partial charge is 0.317 e. The number of hydrogen-bond acceptors (Lipinski definition) is 2. The van der Waals surface area contributed by atoms with Gasteiger partial charge in [0.25, 0.3) is 0 Å². The maximum Gasteiger partial charge on any atom is 0.00926 e. The minimum Gasteiger partial charge on any atom is -0.317 e. The van der Waals surface area contributed by atoms with E-state index in [1.807, 2.05) is 0 Å². The average molecular weight is 252 g/mol. The quantitative estimate of drug-likeness (QED) is 0.826. The second kappa shape index (κ2) is 6.38. The van der Waals surface area contributed by atoms with Crippen molar-refractivity contribution in [2.45, 2.75) is 64.8 Å². The van der Waals surface area contributed by atoms with Crippen molar-refractivity contribution in [1.82, 2.24) is 10.2 Å². The van der Waals surface area contributed by atoms with Crippen LogP contribution in [0.25, 0.3) is 0 Å². The van der Waals surface area contributed by atoms with Crippen molar-refractivity contribution in [2.24, 2.45) is 11.3 Å². The third kappa shape index (κ3) is 3.48. The van der Waals surface area contributed by atoms with Gasteiger partial charge in [-0.15, -0.1) is 0 Å². The van der Waals surface area contributed by atoms with E-state index in [-0.39, 0.29) is 0 Å². The fourth-order valence-corrected chi connectivity index (χ4v) is 3.92. The monoisotopic (exact) mass is 252 g/mol. The van der Waals surface area contributed by atoms with Crippen LogP contribution in [0, 0.1) is 11.3 Å². The van der Waals surface area contributed by atoms with E-state index in [0.717, 1.165) is 12.0 Å². The summed E-state index contributed by atoms with van der Waals surface area (Å²) >= 11 is 0. The molecule has 0 unspecified atom stereocenters. The lowest BCUT2D eigenvalue weighted by molar-refractivity contribution is 0.0769. The third-order valence-corrected chi connectivity index (χ3v) is 5.61. The second-order valence-corrected chi connectivity index (χ2v) is 6.93. The summed E-state index contributed by atoms with van der Waals surface area (Å²) in [6, 6.07) is 0.861.